The second-order valence-electron chi connectivity index (χ2n) is 9.42. The summed E-state index contributed by atoms with van der Waals surface area (Å²) >= 11 is 6.07. The number of sulfonamides is 1. The zero-order valence-corrected chi connectivity index (χ0v) is 24.8. The van der Waals surface area contributed by atoms with Crippen molar-refractivity contribution in [3.8, 4) is 5.75 Å². The van der Waals surface area contributed by atoms with Crippen LogP contribution in [0.25, 0.3) is 0 Å². The van der Waals surface area contributed by atoms with Gasteiger partial charge in [-0.05, 0) is 61.7 Å². The van der Waals surface area contributed by atoms with Crippen LogP contribution in [0.2, 0.25) is 5.02 Å². The topological polar surface area (TPSA) is 96.0 Å². The van der Waals surface area contributed by atoms with Crippen molar-refractivity contribution >= 4 is 39.1 Å². The van der Waals surface area contributed by atoms with Crippen molar-refractivity contribution in [2.24, 2.45) is 0 Å². The van der Waals surface area contributed by atoms with Gasteiger partial charge in [0.15, 0.2) is 0 Å². The van der Waals surface area contributed by atoms with Gasteiger partial charge in [0.25, 0.3) is 10.0 Å². The minimum absolute atomic E-state index is 0.0384. The van der Waals surface area contributed by atoms with E-state index in [2.05, 4.69) is 5.32 Å². The fourth-order valence-electron chi connectivity index (χ4n) is 4.16. The average molecular weight is 586 g/mol. The minimum Gasteiger partial charge on any atom is -0.497 e. The molecular formula is C30H36ClN3O5S. The fraction of sp³-hybridized carbons (Fsp3) is 0.333. The minimum atomic E-state index is -4.15. The van der Waals surface area contributed by atoms with Crippen LogP contribution in [0.5, 0.6) is 5.75 Å². The smallest absolute Gasteiger partial charge is 0.264 e. The zero-order chi connectivity index (χ0) is 29.3. The number of halogens is 1. The molecule has 3 aromatic carbocycles. The van der Waals surface area contributed by atoms with Gasteiger partial charge in [0, 0.05) is 23.7 Å². The Balaban J connectivity index is 2.06. The summed E-state index contributed by atoms with van der Waals surface area (Å²) in [4.78, 5) is 28.9. The van der Waals surface area contributed by atoms with Gasteiger partial charge in [0.1, 0.15) is 18.3 Å². The Morgan fingerprint density at radius 2 is 1.62 bits per heavy atom. The molecule has 0 aromatic heterocycles. The molecule has 0 heterocycles. The lowest BCUT2D eigenvalue weighted by molar-refractivity contribution is -0.140. The van der Waals surface area contributed by atoms with Crippen LogP contribution in [0.1, 0.15) is 39.2 Å². The van der Waals surface area contributed by atoms with E-state index in [1.807, 2.05) is 20.8 Å². The summed E-state index contributed by atoms with van der Waals surface area (Å²) in [6, 6.07) is 20.5. The van der Waals surface area contributed by atoms with E-state index in [0.717, 1.165) is 16.3 Å². The monoisotopic (exact) mass is 585 g/mol. The first kappa shape index (κ1) is 31.0. The predicted molar refractivity (Wildman–Crippen MR) is 158 cm³/mol. The molecule has 0 aliphatic rings. The van der Waals surface area contributed by atoms with E-state index in [0.29, 0.717) is 17.2 Å². The molecule has 1 N–H and O–H groups in total. The predicted octanol–water partition coefficient (Wildman–Crippen LogP) is 5.27. The molecule has 214 valence electrons. The van der Waals surface area contributed by atoms with E-state index in [9.17, 15) is 18.0 Å². The third-order valence-corrected chi connectivity index (χ3v) is 8.64. The van der Waals surface area contributed by atoms with E-state index in [4.69, 9.17) is 16.3 Å². The highest BCUT2D eigenvalue weighted by molar-refractivity contribution is 7.92. The quantitative estimate of drug-likeness (QED) is 0.295. The third-order valence-electron chi connectivity index (χ3n) is 6.60. The molecule has 0 unspecified atom stereocenters. The number of hydrogen-bond donors (Lipinski definition) is 1. The molecule has 40 heavy (non-hydrogen) atoms. The Bertz CT molecular complexity index is 1380. The summed E-state index contributed by atoms with van der Waals surface area (Å²) in [5, 5.41) is 3.51. The third kappa shape index (κ3) is 7.76. The lowest BCUT2D eigenvalue weighted by atomic mass is 10.1. The van der Waals surface area contributed by atoms with Crippen molar-refractivity contribution < 1.29 is 22.7 Å². The van der Waals surface area contributed by atoms with Gasteiger partial charge in [-0.2, -0.15) is 0 Å². The van der Waals surface area contributed by atoms with Crippen molar-refractivity contribution in [3.05, 3.63) is 89.4 Å². The molecule has 2 amide bonds. The summed E-state index contributed by atoms with van der Waals surface area (Å²) in [5.41, 5.74) is 1.02. The van der Waals surface area contributed by atoms with E-state index in [-0.39, 0.29) is 29.1 Å². The van der Waals surface area contributed by atoms with Crippen LogP contribution in [-0.2, 0) is 26.2 Å². The van der Waals surface area contributed by atoms with Crippen molar-refractivity contribution in [1.82, 2.24) is 10.2 Å². The van der Waals surface area contributed by atoms with Gasteiger partial charge < -0.3 is 15.0 Å². The van der Waals surface area contributed by atoms with Gasteiger partial charge in [-0.3, -0.25) is 13.9 Å². The first-order valence-corrected chi connectivity index (χ1v) is 15.0. The Kier molecular flexibility index (Phi) is 11.0. The number of anilines is 1. The highest BCUT2D eigenvalue weighted by Crippen LogP contribution is 2.28. The summed E-state index contributed by atoms with van der Waals surface area (Å²) < 4.78 is 34.1. The second-order valence-corrected chi connectivity index (χ2v) is 11.7. The van der Waals surface area contributed by atoms with Gasteiger partial charge in [-0.15, -0.1) is 0 Å². The molecule has 2 atom stereocenters. The number of amides is 2. The Labute approximate surface area is 241 Å². The highest BCUT2D eigenvalue weighted by Gasteiger charge is 2.34. The molecule has 0 radical (unpaired) electrons. The van der Waals surface area contributed by atoms with Crippen LogP contribution in [-0.4, -0.2) is 50.9 Å². The Morgan fingerprint density at radius 3 is 2.23 bits per heavy atom. The molecular weight excluding hydrogens is 550 g/mol. The lowest BCUT2D eigenvalue weighted by Crippen LogP contribution is -2.53. The van der Waals surface area contributed by atoms with Crippen LogP contribution in [0.4, 0.5) is 5.69 Å². The van der Waals surface area contributed by atoms with Crippen LogP contribution in [0.15, 0.2) is 83.8 Å². The van der Waals surface area contributed by atoms with Crippen molar-refractivity contribution in [2.75, 3.05) is 18.0 Å². The largest absolute Gasteiger partial charge is 0.497 e. The number of ether oxygens (including phenoxy) is 1. The first-order chi connectivity index (χ1) is 19.1. The molecule has 10 heteroatoms. The normalized spacial score (nSPS) is 12.7. The molecule has 0 bridgehead atoms. The number of carbonyl (C=O) groups excluding carboxylic acids is 2. The number of rotatable bonds is 13. The maximum Gasteiger partial charge on any atom is 0.264 e. The van der Waals surface area contributed by atoms with Gasteiger partial charge in [-0.1, -0.05) is 61.8 Å². The molecule has 0 fully saturated rings. The highest BCUT2D eigenvalue weighted by atomic mass is 35.5. The SMILES string of the molecule is CC[C@H](C(=O)N[C@@H](C)CC)N(Cc1ccc(Cl)cc1)C(=O)CN(c1cccc(OC)c1)S(=O)(=O)c1ccccc1. The lowest BCUT2D eigenvalue weighted by Gasteiger charge is -2.33. The van der Waals surface area contributed by atoms with Crippen LogP contribution in [0.3, 0.4) is 0 Å². The standard InChI is InChI=1S/C30H36ClN3O5S/c1-5-22(3)32-30(36)28(6-2)33(20-23-15-17-24(31)18-16-23)29(35)21-34(25-11-10-12-26(19-25)39-4)40(37,38)27-13-8-7-9-14-27/h7-19,22,28H,5-6,20-21H2,1-4H3,(H,32,36)/t22-,28+/m0/s1. The molecule has 0 saturated carbocycles. The molecule has 0 aliphatic carbocycles. The molecule has 3 aromatic rings. The van der Waals surface area contributed by atoms with Crippen LogP contribution < -0.4 is 14.4 Å². The van der Waals surface area contributed by atoms with E-state index in [1.54, 1.807) is 66.7 Å². The van der Waals surface area contributed by atoms with Crippen molar-refractivity contribution in [2.45, 2.75) is 57.1 Å². The van der Waals surface area contributed by atoms with E-state index >= 15 is 0 Å². The van der Waals surface area contributed by atoms with Crippen LogP contribution in [0, 0.1) is 0 Å². The second kappa shape index (κ2) is 14.2. The van der Waals surface area contributed by atoms with E-state index < -0.39 is 28.5 Å². The Hall–Kier alpha value is -3.56. The number of nitrogens with one attached hydrogen (secondary N) is 1. The number of nitrogens with zero attached hydrogens (tertiary/aromatic N) is 2. The molecule has 3 rings (SSSR count). The molecule has 0 saturated heterocycles. The number of carbonyl (C=O) groups is 2. The number of hydrogen-bond acceptors (Lipinski definition) is 5. The van der Waals surface area contributed by atoms with Crippen molar-refractivity contribution in [1.29, 1.82) is 0 Å². The summed E-state index contributed by atoms with van der Waals surface area (Å²) in [6.07, 6.45) is 1.07. The van der Waals surface area contributed by atoms with Gasteiger partial charge >= 0.3 is 0 Å². The van der Waals surface area contributed by atoms with Gasteiger partial charge in [0.05, 0.1) is 17.7 Å². The zero-order valence-electron chi connectivity index (χ0n) is 23.2. The first-order valence-electron chi connectivity index (χ1n) is 13.2. The maximum atomic E-state index is 14.1. The summed E-state index contributed by atoms with van der Waals surface area (Å²) in [7, 11) is -2.67. The number of methoxy groups -OCH3 is 1. The average Bonchev–Trinajstić information content (AvgIpc) is 2.96. The maximum absolute atomic E-state index is 14.1. The molecule has 8 nitrogen and oxygen atoms in total. The van der Waals surface area contributed by atoms with Crippen LogP contribution >= 0.6 is 11.6 Å². The summed E-state index contributed by atoms with van der Waals surface area (Å²) in [5.74, 6) is -0.378. The molecule has 0 spiro atoms. The van der Waals surface area contributed by atoms with E-state index in [1.165, 1.54) is 24.1 Å². The fourth-order valence-corrected chi connectivity index (χ4v) is 5.71. The molecule has 0 aliphatic heterocycles. The van der Waals surface area contributed by atoms with Gasteiger partial charge in [-0.25, -0.2) is 8.42 Å². The summed E-state index contributed by atoms with van der Waals surface area (Å²) in [6.45, 7) is 5.25. The van der Waals surface area contributed by atoms with Crippen molar-refractivity contribution in [3.63, 3.8) is 0 Å². The Morgan fingerprint density at radius 1 is 0.950 bits per heavy atom. The van der Waals surface area contributed by atoms with Gasteiger partial charge in [0.2, 0.25) is 11.8 Å². The number of benzene rings is 3.